The van der Waals surface area contributed by atoms with E-state index in [1.165, 1.54) is 5.57 Å². The quantitative estimate of drug-likeness (QED) is 0.375. The Labute approximate surface area is 146 Å². The van der Waals surface area contributed by atoms with Crippen LogP contribution in [0.3, 0.4) is 0 Å². The second-order valence-corrected chi connectivity index (χ2v) is 6.11. The van der Waals surface area contributed by atoms with Crippen molar-refractivity contribution in [2.45, 2.75) is 52.6 Å². The van der Waals surface area contributed by atoms with Crippen LogP contribution in [0.4, 0.5) is 5.69 Å². The number of methoxy groups -OCH3 is 1. The number of nitrogens with zero attached hydrogens (tertiary/aromatic N) is 3. The molecule has 1 aromatic carbocycles. The smallest absolute Gasteiger partial charge is 0.119 e. The first kappa shape index (κ1) is 20.0. The molecule has 5 heteroatoms. The van der Waals surface area contributed by atoms with Gasteiger partial charge in [-0.1, -0.05) is 23.8 Å². The van der Waals surface area contributed by atoms with E-state index in [0.29, 0.717) is 0 Å². The van der Waals surface area contributed by atoms with Gasteiger partial charge in [0.1, 0.15) is 5.75 Å². The second kappa shape index (κ2) is 10.7. The van der Waals surface area contributed by atoms with E-state index < -0.39 is 0 Å². The van der Waals surface area contributed by atoms with Gasteiger partial charge in [0.25, 0.3) is 0 Å². The van der Waals surface area contributed by atoms with Gasteiger partial charge in [-0.15, -0.1) is 0 Å². The molecule has 0 aromatic heterocycles. The number of nitrogens with one attached hydrogen (secondary N) is 1. The van der Waals surface area contributed by atoms with Crippen molar-refractivity contribution in [3.8, 4) is 5.75 Å². The molecule has 0 aliphatic rings. The van der Waals surface area contributed by atoms with Gasteiger partial charge in [-0.3, -0.25) is 5.01 Å². The van der Waals surface area contributed by atoms with Crippen LogP contribution in [0.5, 0.6) is 5.75 Å². The first-order valence-electron chi connectivity index (χ1n) is 8.67. The van der Waals surface area contributed by atoms with Crippen molar-refractivity contribution in [2.75, 3.05) is 26.0 Å². The molecule has 0 radical (unpaired) electrons. The molecule has 1 unspecified atom stereocenters. The summed E-state index contributed by atoms with van der Waals surface area (Å²) in [6.07, 6.45) is 4.20. The Morgan fingerprint density at radius 3 is 2.46 bits per heavy atom. The first-order chi connectivity index (χ1) is 11.5. The summed E-state index contributed by atoms with van der Waals surface area (Å²) < 4.78 is 5.22. The van der Waals surface area contributed by atoms with E-state index in [-0.39, 0.29) is 12.1 Å². The van der Waals surface area contributed by atoms with Crippen LogP contribution in [0.15, 0.2) is 46.3 Å². The summed E-state index contributed by atoms with van der Waals surface area (Å²) in [5, 5.41) is 14.0. The highest BCUT2D eigenvalue weighted by Crippen LogP contribution is 2.20. The van der Waals surface area contributed by atoms with Crippen LogP contribution in [0.1, 0.15) is 40.5 Å². The molecule has 24 heavy (non-hydrogen) atoms. The zero-order chi connectivity index (χ0) is 17.9. The van der Waals surface area contributed by atoms with Crippen molar-refractivity contribution in [1.29, 1.82) is 0 Å². The van der Waals surface area contributed by atoms with Crippen molar-refractivity contribution in [1.82, 2.24) is 5.01 Å². The van der Waals surface area contributed by atoms with Gasteiger partial charge in [-0.25, -0.2) is 0 Å². The Bertz CT molecular complexity index is 523. The molecular formula is C19H32N4O. The Hall–Kier alpha value is -2.04. The maximum Gasteiger partial charge on any atom is 0.119 e. The van der Waals surface area contributed by atoms with Crippen molar-refractivity contribution in [3.63, 3.8) is 0 Å². The van der Waals surface area contributed by atoms with Gasteiger partial charge in [0.05, 0.1) is 13.2 Å². The summed E-state index contributed by atoms with van der Waals surface area (Å²) in [7, 11) is 3.65. The van der Waals surface area contributed by atoms with Crippen molar-refractivity contribution >= 4 is 5.69 Å². The molecule has 134 valence electrons. The minimum atomic E-state index is 0.224. The van der Waals surface area contributed by atoms with Crippen LogP contribution in [0.2, 0.25) is 0 Å². The molecule has 0 saturated heterocycles. The molecule has 1 atom stereocenters. The fourth-order valence-electron chi connectivity index (χ4n) is 2.44. The van der Waals surface area contributed by atoms with Gasteiger partial charge in [-0.05, 0) is 57.9 Å². The van der Waals surface area contributed by atoms with Crippen LogP contribution in [-0.2, 0) is 0 Å². The molecule has 0 amide bonds. The van der Waals surface area contributed by atoms with Gasteiger partial charge in [0.2, 0.25) is 0 Å². The molecule has 5 nitrogen and oxygen atoms in total. The maximum absolute atomic E-state index is 5.22. The second-order valence-electron chi connectivity index (χ2n) is 6.11. The van der Waals surface area contributed by atoms with Crippen LogP contribution in [0, 0.1) is 0 Å². The Balaban J connectivity index is 2.73. The van der Waals surface area contributed by atoms with E-state index in [0.717, 1.165) is 30.8 Å². The Morgan fingerprint density at radius 1 is 1.29 bits per heavy atom. The van der Waals surface area contributed by atoms with E-state index in [1.807, 2.05) is 38.0 Å². The predicted molar refractivity (Wildman–Crippen MR) is 102 cm³/mol. The van der Waals surface area contributed by atoms with Gasteiger partial charge in [-0.2, -0.15) is 5.11 Å². The summed E-state index contributed by atoms with van der Waals surface area (Å²) in [6.45, 7) is 9.20. The normalized spacial score (nSPS) is 13.4. The number of anilines is 1. The highest BCUT2D eigenvalue weighted by molar-refractivity contribution is 5.48. The lowest BCUT2D eigenvalue weighted by Crippen LogP contribution is -2.27. The minimum absolute atomic E-state index is 0.224. The molecule has 0 spiro atoms. The molecule has 0 heterocycles. The lowest BCUT2D eigenvalue weighted by molar-refractivity contribution is 0.312. The van der Waals surface area contributed by atoms with E-state index in [2.05, 4.69) is 47.7 Å². The number of ether oxygens (including phenoxy) is 1. The highest BCUT2D eigenvalue weighted by Gasteiger charge is 2.13. The number of hydrogen-bond donors (Lipinski definition) is 1. The predicted octanol–water partition coefficient (Wildman–Crippen LogP) is 4.93. The number of hydrogen-bond acceptors (Lipinski definition) is 4. The van der Waals surface area contributed by atoms with Crippen LogP contribution in [0.25, 0.3) is 0 Å². The molecule has 0 saturated carbocycles. The summed E-state index contributed by atoms with van der Waals surface area (Å²) >= 11 is 0. The van der Waals surface area contributed by atoms with E-state index >= 15 is 0 Å². The zero-order valence-electron chi connectivity index (χ0n) is 15.9. The largest absolute Gasteiger partial charge is 0.497 e. The third kappa shape index (κ3) is 7.02. The average molecular weight is 332 g/mol. The van der Waals surface area contributed by atoms with E-state index in [1.54, 1.807) is 7.11 Å². The topological polar surface area (TPSA) is 49.2 Å². The summed E-state index contributed by atoms with van der Waals surface area (Å²) in [4.78, 5) is 0. The molecule has 0 fully saturated rings. The molecule has 0 aliphatic carbocycles. The van der Waals surface area contributed by atoms with Crippen molar-refractivity contribution in [3.05, 3.63) is 35.9 Å². The maximum atomic E-state index is 5.22. The highest BCUT2D eigenvalue weighted by atomic mass is 16.5. The lowest BCUT2D eigenvalue weighted by atomic mass is 10.0. The van der Waals surface area contributed by atoms with Crippen molar-refractivity contribution in [2.24, 2.45) is 10.3 Å². The summed E-state index contributed by atoms with van der Waals surface area (Å²) in [6, 6.07) is 8.56. The standard InChI is InChI=1S/C19H32N4O/c1-7-16(8-2)19(13-14-23(5)22-21-15(3)4)20-17-9-11-18(24-6)12-10-17/h7,9-12,15,19-20H,8,13-14H2,1-6H3/b16-7+,22-21-. The zero-order valence-corrected chi connectivity index (χ0v) is 15.9. The van der Waals surface area contributed by atoms with Crippen LogP contribution >= 0.6 is 0 Å². The molecule has 1 rings (SSSR count). The summed E-state index contributed by atoms with van der Waals surface area (Å²) in [5.74, 6) is 0.868. The van der Waals surface area contributed by atoms with Gasteiger partial charge in [0, 0.05) is 25.3 Å². The molecular weight excluding hydrogens is 300 g/mol. The van der Waals surface area contributed by atoms with Gasteiger partial charge in [0.15, 0.2) is 0 Å². The number of rotatable bonds is 10. The fourth-order valence-corrected chi connectivity index (χ4v) is 2.44. The van der Waals surface area contributed by atoms with Gasteiger partial charge < -0.3 is 10.1 Å². The molecule has 1 aromatic rings. The summed E-state index contributed by atoms with van der Waals surface area (Å²) in [5.41, 5.74) is 2.50. The first-order valence-corrected chi connectivity index (χ1v) is 8.67. The van der Waals surface area contributed by atoms with Crippen LogP contribution in [-0.4, -0.2) is 37.8 Å². The Morgan fingerprint density at radius 2 is 1.96 bits per heavy atom. The molecule has 0 bridgehead atoms. The van der Waals surface area contributed by atoms with E-state index in [4.69, 9.17) is 4.74 Å². The average Bonchev–Trinajstić information content (AvgIpc) is 2.59. The lowest BCUT2D eigenvalue weighted by Gasteiger charge is -2.24. The number of benzene rings is 1. The number of allylic oxidation sites excluding steroid dienone is 1. The van der Waals surface area contributed by atoms with Crippen molar-refractivity contribution < 1.29 is 4.74 Å². The van der Waals surface area contributed by atoms with E-state index in [9.17, 15) is 0 Å². The third-order valence-corrected chi connectivity index (χ3v) is 3.83. The Kier molecular flexibility index (Phi) is 8.90. The third-order valence-electron chi connectivity index (χ3n) is 3.83. The van der Waals surface area contributed by atoms with Gasteiger partial charge >= 0.3 is 0 Å². The van der Waals surface area contributed by atoms with Crippen LogP contribution < -0.4 is 10.1 Å². The monoisotopic (exact) mass is 332 g/mol. The molecule has 1 N–H and O–H groups in total. The minimum Gasteiger partial charge on any atom is -0.497 e. The fraction of sp³-hybridized carbons (Fsp3) is 0.579. The SMILES string of the molecule is C/C=C(\CC)C(CCN(C)/N=N\C(C)C)Nc1ccc(OC)cc1. The molecule has 0 aliphatic heterocycles.